The van der Waals surface area contributed by atoms with Crippen LogP contribution in [0.2, 0.25) is 0 Å². The molecule has 3 saturated heterocycles. The number of rotatable bonds is 22. The molecule has 13 N–H and O–H groups in total. The van der Waals surface area contributed by atoms with Crippen LogP contribution in [-0.2, 0) is 70.7 Å². The lowest BCUT2D eigenvalue weighted by atomic mass is 9.99. The molecule has 3 aliphatic heterocycles. The highest BCUT2D eigenvalue weighted by Gasteiger charge is 2.58. The van der Waals surface area contributed by atoms with Crippen LogP contribution in [0.1, 0.15) is 18.7 Å². The molecule has 8 heterocycles. The van der Waals surface area contributed by atoms with Gasteiger partial charge in [0, 0.05) is 32.4 Å². The third kappa shape index (κ3) is 11.7. The van der Waals surface area contributed by atoms with E-state index in [1.165, 1.54) is 33.2 Å². The van der Waals surface area contributed by atoms with Gasteiger partial charge >= 0.3 is 42.4 Å². The van der Waals surface area contributed by atoms with Gasteiger partial charge in [0.1, 0.15) is 54.1 Å². The van der Waals surface area contributed by atoms with Gasteiger partial charge in [0.2, 0.25) is 11.7 Å². The van der Waals surface area contributed by atoms with Gasteiger partial charge in [-0.05, 0) is 0 Å². The first kappa shape index (κ1) is 56.4. The largest absolute Gasteiger partial charge is 0.490 e. The Labute approximate surface area is 418 Å². The summed E-state index contributed by atoms with van der Waals surface area (Å²) in [5.74, 6) is -1.44. The molecule has 5 aromatic rings. The number of hydrogen-bond acceptors (Lipinski definition) is 26. The average Bonchev–Trinajstić information content (AvgIpc) is 4.14. The van der Waals surface area contributed by atoms with E-state index < -0.39 is 141 Å². The summed E-state index contributed by atoms with van der Waals surface area (Å²) < 4.78 is 111. The van der Waals surface area contributed by atoms with Crippen molar-refractivity contribution in [2.75, 3.05) is 52.1 Å². The molecule has 4 unspecified atom stereocenters. The monoisotopic (exact) mass is 1150 g/mol. The molecule has 3 aliphatic rings. The molecule has 3 fully saturated rings. The summed E-state index contributed by atoms with van der Waals surface area (Å²) in [6.45, 7) is 0.209. The van der Waals surface area contributed by atoms with Gasteiger partial charge in [-0.3, -0.25) is 46.9 Å². The van der Waals surface area contributed by atoms with E-state index >= 15 is 0 Å². The van der Waals surface area contributed by atoms with E-state index in [0.717, 1.165) is 36.6 Å². The minimum Gasteiger partial charge on any atom is -0.387 e. The minimum absolute atomic E-state index is 0.00868. The highest BCUT2D eigenvalue weighted by atomic mass is 31.3. The van der Waals surface area contributed by atoms with Crippen LogP contribution in [-0.4, -0.2) is 168 Å². The SMILES string of the molecule is C=CCn1c[n+]([C@@H]2O[C@H](COP(=O)(O)OP(=O)(O)OP(=O)(O)OC[C@H]3O[C@@H](n4cnc5c(N)ncnc54)[C@H](OC)[C@@H]3P(=O)(O)OC[C@H]3O[C@@H](n4ccc(=O)[nH]c4=O)[C@H](O)[C@@H]3O)[C@@H](COC)[C@H]2O)c2nc(N)[nH]c(=O)c21. The summed E-state index contributed by atoms with van der Waals surface area (Å²) in [6, 6.07) is 0.926. The third-order valence-corrected chi connectivity index (χ3v) is 18.0. The number of phosphoric ester groups is 2. The first-order valence-corrected chi connectivity index (χ1v) is 27.8. The lowest BCUT2D eigenvalue weighted by Gasteiger charge is -2.28. The van der Waals surface area contributed by atoms with E-state index in [0.29, 0.717) is 0 Å². The van der Waals surface area contributed by atoms with Gasteiger partial charge in [-0.25, -0.2) is 38.0 Å². The van der Waals surface area contributed by atoms with Gasteiger partial charge < -0.3 is 74.6 Å². The number of nitrogens with two attached hydrogens (primary N) is 2. The van der Waals surface area contributed by atoms with E-state index in [2.05, 4.69) is 40.1 Å². The molecule has 0 aromatic carbocycles. The minimum atomic E-state index is -6.20. The maximum absolute atomic E-state index is 14.3. The van der Waals surface area contributed by atoms with Crippen molar-refractivity contribution in [3.05, 3.63) is 75.1 Å². The number of phosphoric acid groups is 3. The Balaban J connectivity index is 0.959. The van der Waals surface area contributed by atoms with Gasteiger partial charge in [0.15, 0.2) is 30.2 Å². The number of anilines is 2. The number of imidazole rings is 2. The fraction of sp³-hybridized carbons (Fsp3) is 0.543. The van der Waals surface area contributed by atoms with Gasteiger partial charge in [0.05, 0.1) is 45.4 Å². The summed E-state index contributed by atoms with van der Waals surface area (Å²) in [7, 11) is -21.0. The standard InChI is InChI=1S/C35H48N12O24P4/c1-4-6-44-14-47(29-21(44)30(52)43-34(37)42-29)31-22(49)15(8-62-2)16(67-31)9-65-73(56,57)70-75(60,61)71-74(58,59)66-11-18-26(25(63-3)33(69-18)46-13-40-20-27(36)38-12-39-28(20)46)72(54,55)64-10-17-23(50)24(51)32(68-17)45-7-5-19(48)41-35(45)53/h4-5,7,12-18,22-26,31-33,49-51H,1,6,8-11H2,2-3H3,(H9-,36,37,38,39,41,42,43,48,52,53,54,55,56,57,58,59,60,61)/p+1/t15-,16-,17-,18-,22-,23-,24-,25-,26-,31-,32-,33-/m1/s1. The van der Waals surface area contributed by atoms with Crippen LogP contribution >= 0.6 is 31.1 Å². The maximum atomic E-state index is 14.3. The number of aliphatic hydroxyl groups excluding tert-OH is 3. The number of ether oxygens (including phenoxy) is 5. The second kappa shape index (κ2) is 21.9. The molecule has 0 amide bonds. The number of nitrogens with zero attached hydrogens (tertiary/aromatic N) is 8. The van der Waals surface area contributed by atoms with Gasteiger partial charge in [-0.15, -0.1) is 0 Å². The van der Waals surface area contributed by atoms with Crippen molar-refractivity contribution in [3.63, 3.8) is 0 Å². The molecule has 0 radical (unpaired) electrons. The van der Waals surface area contributed by atoms with E-state index in [-0.39, 0.29) is 47.2 Å². The van der Waals surface area contributed by atoms with Gasteiger partial charge in [-0.2, -0.15) is 8.62 Å². The second-order valence-corrected chi connectivity index (χ2v) is 23.3. The highest BCUT2D eigenvalue weighted by Crippen LogP contribution is 2.68. The third-order valence-electron chi connectivity index (χ3n) is 11.9. The molecule has 0 saturated carbocycles. The Morgan fingerprint density at radius 3 is 2.13 bits per heavy atom. The molecule has 0 aliphatic carbocycles. The fourth-order valence-electron chi connectivity index (χ4n) is 8.66. The molecule has 16 atom stereocenters. The second-order valence-electron chi connectivity index (χ2n) is 16.7. The van der Waals surface area contributed by atoms with Crippen molar-refractivity contribution in [1.29, 1.82) is 0 Å². The van der Waals surface area contributed by atoms with Crippen LogP contribution < -0.4 is 32.8 Å². The summed E-state index contributed by atoms with van der Waals surface area (Å²) in [5, 5.41) is 32.8. The van der Waals surface area contributed by atoms with Crippen LogP contribution in [0.3, 0.4) is 0 Å². The van der Waals surface area contributed by atoms with Crippen LogP contribution in [0.5, 0.6) is 0 Å². The predicted molar refractivity (Wildman–Crippen MR) is 245 cm³/mol. The Hall–Kier alpha value is -4.84. The van der Waals surface area contributed by atoms with Gasteiger partial charge in [-0.1, -0.05) is 17.6 Å². The zero-order chi connectivity index (χ0) is 54.5. The topological polar surface area (TPSA) is 507 Å². The van der Waals surface area contributed by atoms with Crippen LogP contribution in [0.25, 0.3) is 22.3 Å². The molecule has 5 aromatic heterocycles. The van der Waals surface area contributed by atoms with E-state index in [4.69, 9.17) is 48.7 Å². The van der Waals surface area contributed by atoms with Crippen LogP contribution in [0, 0.1) is 5.92 Å². The number of fused-ring (bicyclic) bond motifs is 2. The van der Waals surface area contributed by atoms with Crippen molar-refractivity contribution in [3.8, 4) is 0 Å². The summed E-state index contributed by atoms with van der Waals surface area (Å²) in [6.07, 6.45) is -10.3. The highest BCUT2D eigenvalue weighted by molar-refractivity contribution is 7.66. The number of aromatic amines is 2. The first-order chi connectivity index (χ1) is 35.3. The van der Waals surface area contributed by atoms with Crippen LogP contribution in [0.15, 0.2) is 58.3 Å². The summed E-state index contributed by atoms with van der Waals surface area (Å²) in [4.78, 5) is 101. The summed E-state index contributed by atoms with van der Waals surface area (Å²) >= 11 is 0. The number of hydrogen-bond donors (Lipinski definition) is 11. The smallest absolute Gasteiger partial charge is 0.387 e. The molecule has 0 bridgehead atoms. The molecular weight excluding hydrogens is 1100 g/mol. The lowest BCUT2D eigenvalue weighted by molar-refractivity contribution is -0.746. The number of H-pyrrole nitrogens is 2. The molecule has 412 valence electrons. The fourth-order valence-corrected chi connectivity index (χ4v) is 13.9. The predicted octanol–water partition coefficient (Wildman–Crippen LogP) is -3.26. The van der Waals surface area contributed by atoms with Crippen molar-refractivity contribution in [1.82, 2.24) is 43.6 Å². The lowest BCUT2D eigenvalue weighted by Crippen LogP contribution is -2.45. The Morgan fingerprint density at radius 2 is 1.48 bits per heavy atom. The number of aromatic nitrogens is 10. The molecule has 40 heteroatoms. The Morgan fingerprint density at radius 1 is 0.813 bits per heavy atom. The summed E-state index contributed by atoms with van der Waals surface area (Å²) in [5.41, 5.74) is 7.27. The van der Waals surface area contributed by atoms with Crippen molar-refractivity contribution in [2.24, 2.45) is 5.92 Å². The number of nitrogens with one attached hydrogen (secondary N) is 2. The zero-order valence-corrected chi connectivity index (χ0v) is 42.3. The number of aliphatic hydroxyl groups is 3. The van der Waals surface area contributed by atoms with E-state index in [1.54, 1.807) is 0 Å². The number of allylic oxidation sites excluding steroid dienone is 1. The molecular formula is C35H49N12O24P4+. The molecule has 0 spiro atoms. The normalized spacial score (nSPS) is 30.3. The average molecular weight is 1150 g/mol. The number of methoxy groups -OCH3 is 2. The Bertz CT molecular complexity index is 3320. The first-order valence-electron chi connectivity index (χ1n) is 21.6. The van der Waals surface area contributed by atoms with Crippen molar-refractivity contribution >= 4 is 65.2 Å². The van der Waals surface area contributed by atoms with Crippen LogP contribution in [0.4, 0.5) is 11.8 Å². The van der Waals surface area contributed by atoms with E-state index in [1.807, 2.05) is 4.98 Å². The zero-order valence-electron chi connectivity index (χ0n) is 38.7. The molecule has 75 heavy (non-hydrogen) atoms. The van der Waals surface area contributed by atoms with Gasteiger partial charge in [0.25, 0.3) is 17.1 Å². The van der Waals surface area contributed by atoms with E-state index in [9.17, 15) is 67.5 Å². The van der Waals surface area contributed by atoms with Crippen molar-refractivity contribution < 1.29 is 104 Å². The maximum Gasteiger partial charge on any atom is 0.490 e. The quantitative estimate of drug-likeness (QED) is 0.0184. The molecule has 36 nitrogen and oxygen atoms in total. The van der Waals surface area contributed by atoms with Crippen molar-refractivity contribution in [2.45, 2.75) is 73.6 Å². The Kier molecular flexibility index (Phi) is 16.4. The molecule has 8 rings (SSSR count). The number of nitrogen functional groups attached to an aromatic ring is 2.